The van der Waals surface area contributed by atoms with Gasteiger partial charge in [-0.15, -0.1) is 12.4 Å². The summed E-state index contributed by atoms with van der Waals surface area (Å²) in [5.74, 6) is 0.874. The van der Waals surface area contributed by atoms with Crippen LogP contribution in [0.25, 0.3) is 0 Å². The average molecular weight is 275 g/mol. The molecule has 2 heterocycles. The Balaban J connectivity index is 0.00000120. The third-order valence-corrected chi connectivity index (χ3v) is 4.85. The molecule has 1 saturated carbocycles. The van der Waals surface area contributed by atoms with Crippen LogP contribution in [0, 0.1) is 11.3 Å². The molecular formula is C14H27ClN2O. The van der Waals surface area contributed by atoms with Crippen molar-refractivity contribution in [2.75, 3.05) is 45.9 Å². The van der Waals surface area contributed by atoms with Gasteiger partial charge in [0.15, 0.2) is 0 Å². The monoisotopic (exact) mass is 274 g/mol. The molecule has 1 aliphatic carbocycles. The van der Waals surface area contributed by atoms with Crippen molar-refractivity contribution in [1.82, 2.24) is 10.2 Å². The van der Waals surface area contributed by atoms with Gasteiger partial charge in [0, 0.05) is 25.0 Å². The summed E-state index contributed by atoms with van der Waals surface area (Å²) >= 11 is 0. The van der Waals surface area contributed by atoms with Gasteiger partial charge in [-0.25, -0.2) is 0 Å². The Bertz CT molecular complexity index is 252. The number of nitrogens with zero attached hydrogens (tertiary/aromatic N) is 1. The molecule has 2 aliphatic heterocycles. The summed E-state index contributed by atoms with van der Waals surface area (Å²) < 4.78 is 5.81. The molecule has 0 aromatic heterocycles. The van der Waals surface area contributed by atoms with Gasteiger partial charge in [0.1, 0.15) is 0 Å². The van der Waals surface area contributed by atoms with Gasteiger partial charge in [-0.3, -0.25) is 0 Å². The van der Waals surface area contributed by atoms with E-state index in [4.69, 9.17) is 4.74 Å². The number of rotatable bonds is 2. The Morgan fingerprint density at radius 2 is 2.17 bits per heavy atom. The van der Waals surface area contributed by atoms with E-state index in [1.807, 2.05) is 0 Å². The van der Waals surface area contributed by atoms with E-state index in [9.17, 15) is 0 Å². The topological polar surface area (TPSA) is 24.5 Å². The van der Waals surface area contributed by atoms with Crippen molar-refractivity contribution < 1.29 is 4.74 Å². The summed E-state index contributed by atoms with van der Waals surface area (Å²) in [5.41, 5.74) is 0.540. The minimum atomic E-state index is 0. The molecule has 4 heteroatoms. The molecule has 1 N–H and O–H groups in total. The average Bonchev–Trinajstić information content (AvgIpc) is 2.53. The number of hydrogen-bond acceptors (Lipinski definition) is 3. The highest BCUT2D eigenvalue weighted by molar-refractivity contribution is 5.85. The molecule has 1 spiro atoms. The molecule has 0 amide bonds. The van der Waals surface area contributed by atoms with Crippen LogP contribution in [0.3, 0.4) is 0 Å². The summed E-state index contributed by atoms with van der Waals surface area (Å²) in [6, 6.07) is 0. The predicted octanol–water partition coefficient (Wildman–Crippen LogP) is 1.91. The molecule has 3 fully saturated rings. The van der Waals surface area contributed by atoms with Crippen molar-refractivity contribution >= 4 is 12.4 Å². The highest BCUT2D eigenvalue weighted by atomic mass is 35.5. The quantitative estimate of drug-likeness (QED) is 0.833. The van der Waals surface area contributed by atoms with E-state index < -0.39 is 0 Å². The predicted molar refractivity (Wildman–Crippen MR) is 76.4 cm³/mol. The zero-order valence-electron chi connectivity index (χ0n) is 11.3. The van der Waals surface area contributed by atoms with Crippen LogP contribution in [0.2, 0.25) is 0 Å². The summed E-state index contributed by atoms with van der Waals surface area (Å²) in [6.07, 6.45) is 6.98. The van der Waals surface area contributed by atoms with Crippen molar-refractivity contribution in [1.29, 1.82) is 0 Å². The van der Waals surface area contributed by atoms with E-state index >= 15 is 0 Å². The second-order valence-electron chi connectivity index (χ2n) is 6.35. The molecule has 106 valence electrons. The second-order valence-corrected chi connectivity index (χ2v) is 6.35. The SMILES string of the molecule is C1CNCC(CN2CCOCC3(CCC3)C2)C1.Cl. The Labute approximate surface area is 117 Å². The Morgan fingerprint density at radius 3 is 2.83 bits per heavy atom. The van der Waals surface area contributed by atoms with Crippen molar-refractivity contribution in [2.24, 2.45) is 11.3 Å². The first-order chi connectivity index (χ1) is 8.36. The highest BCUT2D eigenvalue weighted by Gasteiger charge is 2.40. The molecule has 3 nitrogen and oxygen atoms in total. The van der Waals surface area contributed by atoms with Crippen LogP contribution in [0.1, 0.15) is 32.1 Å². The first kappa shape index (κ1) is 14.6. The third-order valence-electron chi connectivity index (χ3n) is 4.85. The van der Waals surface area contributed by atoms with Gasteiger partial charge in [0.2, 0.25) is 0 Å². The van der Waals surface area contributed by atoms with Crippen LogP contribution in [0.4, 0.5) is 0 Å². The summed E-state index contributed by atoms with van der Waals surface area (Å²) in [7, 11) is 0. The Hall–Kier alpha value is 0.170. The minimum absolute atomic E-state index is 0. The van der Waals surface area contributed by atoms with Crippen LogP contribution in [0.15, 0.2) is 0 Å². The van der Waals surface area contributed by atoms with Crippen LogP contribution in [0.5, 0.6) is 0 Å². The molecule has 0 aromatic rings. The fourth-order valence-corrected chi connectivity index (χ4v) is 3.66. The van der Waals surface area contributed by atoms with Crippen molar-refractivity contribution in [3.05, 3.63) is 0 Å². The standard InChI is InChI=1S/C14H26N2O.ClH/c1-3-13(9-15-6-1)10-16-7-8-17-12-14(11-16)4-2-5-14;/h13,15H,1-12H2;1H. The van der Waals surface area contributed by atoms with Crippen LogP contribution in [-0.2, 0) is 4.74 Å². The molecule has 1 atom stereocenters. The number of ether oxygens (including phenoxy) is 1. The largest absolute Gasteiger partial charge is 0.379 e. The second kappa shape index (κ2) is 6.56. The number of piperidine rings is 1. The van der Waals surface area contributed by atoms with Crippen molar-refractivity contribution in [3.8, 4) is 0 Å². The minimum Gasteiger partial charge on any atom is -0.379 e. The summed E-state index contributed by atoms with van der Waals surface area (Å²) in [4.78, 5) is 2.68. The summed E-state index contributed by atoms with van der Waals surface area (Å²) in [5, 5.41) is 3.53. The smallest absolute Gasteiger partial charge is 0.0593 e. The zero-order chi connectivity index (χ0) is 11.6. The number of hydrogen-bond donors (Lipinski definition) is 1. The maximum absolute atomic E-state index is 5.81. The van der Waals surface area contributed by atoms with Gasteiger partial charge in [-0.2, -0.15) is 0 Å². The van der Waals surface area contributed by atoms with E-state index in [2.05, 4.69) is 10.2 Å². The molecule has 0 aromatic carbocycles. The van der Waals surface area contributed by atoms with Gasteiger partial charge in [-0.05, 0) is 44.7 Å². The maximum atomic E-state index is 5.81. The lowest BCUT2D eigenvalue weighted by atomic mass is 9.69. The first-order valence-electron chi connectivity index (χ1n) is 7.37. The van der Waals surface area contributed by atoms with Crippen LogP contribution in [-0.4, -0.2) is 50.8 Å². The lowest BCUT2D eigenvalue weighted by Crippen LogP contribution is -2.46. The van der Waals surface area contributed by atoms with E-state index in [1.54, 1.807) is 0 Å². The van der Waals surface area contributed by atoms with Gasteiger partial charge < -0.3 is 15.0 Å². The van der Waals surface area contributed by atoms with Crippen molar-refractivity contribution in [2.45, 2.75) is 32.1 Å². The highest BCUT2D eigenvalue weighted by Crippen LogP contribution is 2.42. The van der Waals surface area contributed by atoms with Gasteiger partial charge in [0.05, 0.1) is 13.2 Å². The van der Waals surface area contributed by atoms with Crippen LogP contribution >= 0.6 is 12.4 Å². The van der Waals surface area contributed by atoms with Gasteiger partial charge >= 0.3 is 0 Å². The lowest BCUT2D eigenvalue weighted by Gasteiger charge is -2.43. The third kappa shape index (κ3) is 3.38. The summed E-state index contributed by atoms with van der Waals surface area (Å²) in [6.45, 7) is 8.15. The molecule has 0 radical (unpaired) electrons. The zero-order valence-corrected chi connectivity index (χ0v) is 12.1. The lowest BCUT2D eigenvalue weighted by molar-refractivity contribution is 0.00877. The van der Waals surface area contributed by atoms with Crippen LogP contribution < -0.4 is 5.32 Å². The van der Waals surface area contributed by atoms with E-state index in [0.29, 0.717) is 5.41 Å². The van der Waals surface area contributed by atoms with E-state index in [0.717, 1.165) is 25.7 Å². The number of nitrogens with one attached hydrogen (secondary N) is 1. The van der Waals surface area contributed by atoms with Gasteiger partial charge in [-0.1, -0.05) is 6.42 Å². The molecule has 3 aliphatic rings. The van der Waals surface area contributed by atoms with E-state index in [-0.39, 0.29) is 12.4 Å². The number of halogens is 1. The Morgan fingerprint density at radius 1 is 1.28 bits per heavy atom. The molecule has 18 heavy (non-hydrogen) atoms. The fraction of sp³-hybridized carbons (Fsp3) is 1.00. The molecule has 2 saturated heterocycles. The maximum Gasteiger partial charge on any atom is 0.0593 e. The molecule has 0 bridgehead atoms. The molecule has 1 unspecified atom stereocenters. The van der Waals surface area contributed by atoms with Crippen molar-refractivity contribution in [3.63, 3.8) is 0 Å². The molecular weight excluding hydrogens is 248 g/mol. The fourth-order valence-electron chi connectivity index (χ4n) is 3.66. The Kier molecular flexibility index (Phi) is 5.31. The normalized spacial score (nSPS) is 32.3. The first-order valence-corrected chi connectivity index (χ1v) is 7.37. The van der Waals surface area contributed by atoms with Gasteiger partial charge in [0.25, 0.3) is 0 Å². The molecule has 3 rings (SSSR count). The van der Waals surface area contributed by atoms with E-state index in [1.165, 1.54) is 58.3 Å².